The van der Waals surface area contributed by atoms with Crippen LogP contribution >= 0.6 is 0 Å². The van der Waals surface area contributed by atoms with Crippen molar-refractivity contribution < 1.29 is 17.9 Å². The van der Waals surface area contributed by atoms with Crippen molar-refractivity contribution in [3.8, 4) is 0 Å². The molecular formula is C14H18N4O5S. The first-order valence-corrected chi connectivity index (χ1v) is 9.13. The maximum absolute atomic E-state index is 12.8. The molecule has 0 aromatic carbocycles. The number of carbonyl (C=O) groups is 1. The molecule has 0 saturated carbocycles. The predicted molar refractivity (Wildman–Crippen MR) is 84.1 cm³/mol. The minimum Gasteiger partial charge on any atom is -0.465 e. The van der Waals surface area contributed by atoms with Gasteiger partial charge in [-0.1, -0.05) is 0 Å². The molecule has 2 aromatic rings. The molecule has 9 nitrogen and oxygen atoms in total. The molecular weight excluding hydrogens is 336 g/mol. The Balaban J connectivity index is 2.07. The number of hydrogen-bond donors (Lipinski definition) is 0. The Hall–Kier alpha value is -2.20. The molecule has 1 aliphatic rings. The Morgan fingerprint density at radius 1 is 1.33 bits per heavy atom. The van der Waals surface area contributed by atoms with Gasteiger partial charge in [-0.3, -0.25) is 4.79 Å². The highest BCUT2D eigenvalue weighted by Crippen LogP contribution is 2.22. The fourth-order valence-electron chi connectivity index (χ4n) is 2.71. The number of hydrogen-bond acceptors (Lipinski definition) is 6. The van der Waals surface area contributed by atoms with E-state index in [-0.39, 0.29) is 23.7 Å². The third-order valence-corrected chi connectivity index (χ3v) is 5.76. The number of pyridine rings is 1. The third-order valence-electron chi connectivity index (χ3n) is 3.84. The lowest BCUT2D eigenvalue weighted by Crippen LogP contribution is -2.28. The van der Waals surface area contributed by atoms with E-state index in [4.69, 9.17) is 4.74 Å². The zero-order valence-corrected chi connectivity index (χ0v) is 14.0. The second kappa shape index (κ2) is 6.36. The van der Waals surface area contributed by atoms with Crippen LogP contribution in [0.1, 0.15) is 19.8 Å². The number of nitrogens with zero attached hydrogens (tertiary/aromatic N) is 4. The topological polar surface area (TPSA) is 103 Å². The highest BCUT2D eigenvalue weighted by Gasteiger charge is 2.30. The predicted octanol–water partition coefficient (Wildman–Crippen LogP) is -0.156. The number of fused-ring (bicyclic) bond motifs is 1. The van der Waals surface area contributed by atoms with Gasteiger partial charge in [-0.25, -0.2) is 22.3 Å². The third kappa shape index (κ3) is 2.82. The molecule has 2 aromatic heterocycles. The van der Waals surface area contributed by atoms with Gasteiger partial charge in [0, 0.05) is 19.3 Å². The van der Waals surface area contributed by atoms with Crippen LogP contribution in [0.25, 0.3) is 5.65 Å². The summed E-state index contributed by atoms with van der Waals surface area (Å²) in [5, 5.41) is 4.03. The Morgan fingerprint density at radius 3 is 2.71 bits per heavy atom. The molecule has 1 aliphatic heterocycles. The second-order valence-corrected chi connectivity index (χ2v) is 7.33. The van der Waals surface area contributed by atoms with Gasteiger partial charge in [0.25, 0.3) is 0 Å². The molecule has 0 atom stereocenters. The summed E-state index contributed by atoms with van der Waals surface area (Å²) in [5.41, 5.74) is -0.574. The lowest BCUT2D eigenvalue weighted by Gasteiger charge is -2.15. The van der Waals surface area contributed by atoms with Crippen LogP contribution < -0.4 is 5.69 Å². The van der Waals surface area contributed by atoms with Crippen LogP contribution in [0.15, 0.2) is 28.0 Å². The van der Waals surface area contributed by atoms with Gasteiger partial charge in [0.1, 0.15) is 11.4 Å². The number of sulfonamides is 1. The van der Waals surface area contributed by atoms with Crippen molar-refractivity contribution in [2.75, 3.05) is 19.7 Å². The lowest BCUT2D eigenvalue weighted by molar-refractivity contribution is -0.144. The zero-order chi connectivity index (χ0) is 17.3. The summed E-state index contributed by atoms with van der Waals surface area (Å²) in [6, 6.07) is 2.90. The number of carbonyl (C=O) groups excluding carboxylic acids is 1. The average Bonchev–Trinajstić information content (AvgIpc) is 3.17. The SMILES string of the molecule is CCOC(=O)Cn1nc2c(S(=O)(=O)N3CCCC3)cccn2c1=O. The smallest absolute Gasteiger partial charge is 0.350 e. The molecule has 3 heterocycles. The van der Waals surface area contributed by atoms with Crippen LogP contribution in [-0.2, 0) is 26.1 Å². The van der Waals surface area contributed by atoms with Gasteiger partial charge < -0.3 is 4.74 Å². The minimum atomic E-state index is -3.73. The summed E-state index contributed by atoms with van der Waals surface area (Å²) in [5.74, 6) is -0.605. The summed E-state index contributed by atoms with van der Waals surface area (Å²) < 4.78 is 33.8. The van der Waals surface area contributed by atoms with Gasteiger partial charge >= 0.3 is 11.7 Å². The quantitative estimate of drug-likeness (QED) is 0.692. The molecule has 10 heteroatoms. The number of esters is 1. The van der Waals surface area contributed by atoms with Gasteiger partial charge in [-0.05, 0) is 31.9 Å². The van der Waals surface area contributed by atoms with Crippen molar-refractivity contribution in [3.63, 3.8) is 0 Å². The van der Waals surface area contributed by atoms with Crippen LogP contribution in [0.2, 0.25) is 0 Å². The molecule has 0 bridgehead atoms. The minimum absolute atomic E-state index is 0.0127. The lowest BCUT2D eigenvalue weighted by atomic mass is 10.4. The van der Waals surface area contributed by atoms with E-state index in [0.29, 0.717) is 13.1 Å². The molecule has 0 spiro atoms. The maximum Gasteiger partial charge on any atom is 0.350 e. The van der Waals surface area contributed by atoms with Crippen molar-refractivity contribution in [1.29, 1.82) is 0 Å². The summed E-state index contributed by atoms with van der Waals surface area (Å²) in [6.07, 6.45) is 3.05. The molecule has 0 N–H and O–H groups in total. The van der Waals surface area contributed by atoms with Crippen molar-refractivity contribution >= 4 is 21.6 Å². The van der Waals surface area contributed by atoms with Gasteiger partial charge in [0.05, 0.1) is 6.61 Å². The zero-order valence-electron chi connectivity index (χ0n) is 13.2. The summed E-state index contributed by atoms with van der Waals surface area (Å²) in [6.45, 7) is 2.40. The van der Waals surface area contributed by atoms with Gasteiger partial charge in [0.2, 0.25) is 10.0 Å². The van der Waals surface area contributed by atoms with E-state index in [1.807, 2.05) is 0 Å². The largest absolute Gasteiger partial charge is 0.465 e. The molecule has 3 rings (SSSR count). The van der Waals surface area contributed by atoms with Crippen molar-refractivity contribution in [3.05, 3.63) is 28.8 Å². The van der Waals surface area contributed by atoms with E-state index in [1.165, 1.54) is 22.6 Å². The average molecular weight is 354 g/mol. The Bertz CT molecular complexity index is 924. The van der Waals surface area contributed by atoms with Crippen molar-refractivity contribution in [2.45, 2.75) is 31.2 Å². The van der Waals surface area contributed by atoms with Gasteiger partial charge in [0.15, 0.2) is 5.65 Å². The molecule has 1 fully saturated rings. The van der Waals surface area contributed by atoms with Crippen LogP contribution in [0.3, 0.4) is 0 Å². The number of aromatic nitrogens is 3. The van der Waals surface area contributed by atoms with E-state index in [9.17, 15) is 18.0 Å². The molecule has 1 saturated heterocycles. The Kier molecular flexibility index (Phi) is 4.41. The molecule has 0 radical (unpaired) electrons. The Labute approximate surface area is 138 Å². The van der Waals surface area contributed by atoms with Crippen molar-refractivity contribution in [2.24, 2.45) is 0 Å². The van der Waals surface area contributed by atoms with E-state index in [0.717, 1.165) is 21.9 Å². The van der Waals surface area contributed by atoms with Crippen LogP contribution in [-0.4, -0.2) is 52.6 Å². The molecule has 130 valence electrons. The van der Waals surface area contributed by atoms with E-state index in [1.54, 1.807) is 6.92 Å². The van der Waals surface area contributed by atoms with E-state index < -0.39 is 21.7 Å². The normalized spacial score (nSPS) is 15.9. The summed E-state index contributed by atoms with van der Waals surface area (Å²) in [7, 11) is -3.73. The van der Waals surface area contributed by atoms with Crippen LogP contribution in [0.5, 0.6) is 0 Å². The maximum atomic E-state index is 12.8. The highest BCUT2D eigenvalue weighted by molar-refractivity contribution is 7.89. The fraction of sp³-hybridized carbons (Fsp3) is 0.500. The molecule has 0 aliphatic carbocycles. The first-order chi connectivity index (χ1) is 11.4. The monoisotopic (exact) mass is 354 g/mol. The van der Waals surface area contributed by atoms with Crippen LogP contribution in [0.4, 0.5) is 0 Å². The first kappa shape index (κ1) is 16.7. The van der Waals surface area contributed by atoms with E-state index in [2.05, 4.69) is 5.10 Å². The molecule has 0 amide bonds. The number of ether oxygens (including phenoxy) is 1. The standard InChI is InChI=1S/C14H18N4O5S/c1-2-23-12(19)10-18-14(20)17-9-5-6-11(13(17)15-18)24(21,22)16-7-3-4-8-16/h5-6,9H,2-4,7-8,10H2,1H3. The summed E-state index contributed by atoms with van der Waals surface area (Å²) in [4.78, 5) is 23.9. The van der Waals surface area contributed by atoms with E-state index >= 15 is 0 Å². The summed E-state index contributed by atoms with van der Waals surface area (Å²) >= 11 is 0. The molecule has 24 heavy (non-hydrogen) atoms. The van der Waals surface area contributed by atoms with Crippen molar-refractivity contribution in [1.82, 2.24) is 18.5 Å². The Morgan fingerprint density at radius 2 is 2.04 bits per heavy atom. The molecule has 0 unspecified atom stereocenters. The number of rotatable bonds is 5. The van der Waals surface area contributed by atoms with Gasteiger partial charge in [-0.2, -0.15) is 4.31 Å². The van der Waals surface area contributed by atoms with Gasteiger partial charge in [-0.15, -0.1) is 5.10 Å². The second-order valence-electron chi connectivity index (χ2n) is 5.42. The van der Waals surface area contributed by atoms with Crippen LogP contribution in [0, 0.1) is 0 Å². The first-order valence-electron chi connectivity index (χ1n) is 7.69. The fourth-order valence-corrected chi connectivity index (χ4v) is 4.35. The highest BCUT2D eigenvalue weighted by atomic mass is 32.2.